The van der Waals surface area contributed by atoms with Gasteiger partial charge < -0.3 is 5.32 Å². The zero-order valence-corrected chi connectivity index (χ0v) is 12.1. The van der Waals surface area contributed by atoms with Gasteiger partial charge in [-0.3, -0.25) is 0 Å². The van der Waals surface area contributed by atoms with Crippen LogP contribution in [0.15, 0.2) is 5.38 Å². The molecular formula is C13H13F3N4S. The highest BCUT2D eigenvalue weighted by molar-refractivity contribution is 7.09. The molecule has 112 valence electrons. The lowest BCUT2D eigenvalue weighted by molar-refractivity contribution is -0.142. The van der Waals surface area contributed by atoms with E-state index in [1.54, 1.807) is 0 Å². The van der Waals surface area contributed by atoms with Crippen molar-refractivity contribution < 1.29 is 13.2 Å². The molecule has 0 amide bonds. The van der Waals surface area contributed by atoms with Gasteiger partial charge in [-0.2, -0.15) is 13.2 Å². The number of thiazole rings is 1. The molecular weight excluding hydrogens is 301 g/mol. The molecule has 0 saturated heterocycles. The van der Waals surface area contributed by atoms with Gasteiger partial charge in [0, 0.05) is 30.5 Å². The van der Waals surface area contributed by atoms with Crippen LogP contribution in [-0.2, 0) is 25.6 Å². The number of nitrogens with zero attached hydrogens (tertiary/aromatic N) is 3. The molecule has 0 bridgehead atoms. The molecule has 0 radical (unpaired) electrons. The molecule has 2 aromatic rings. The number of hydrogen-bond acceptors (Lipinski definition) is 5. The van der Waals surface area contributed by atoms with Crippen LogP contribution >= 0.6 is 11.3 Å². The first-order valence-corrected chi connectivity index (χ1v) is 7.39. The van der Waals surface area contributed by atoms with E-state index in [0.717, 1.165) is 5.01 Å². The second kappa shape index (κ2) is 5.34. The molecule has 1 aliphatic heterocycles. The van der Waals surface area contributed by atoms with Crippen LogP contribution in [0.3, 0.4) is 0 Å². The molecule has 21 heavy (non-hydrogen) atoms. The monoisotopic (exact) mass is 314 g/mol. The largest absolute Gasteiger partial charge is 0.433 e. The summed E-state index contributed by atoms with van der Waals surface area (Å²) >= 11 is 1.46. The molecule has 0 fully saturated rings. The topological polar surface area (TPSA) is 50.7 Å². The lowest BCUT2D eigenvalue weighted by atomic mass is 10.0. The average molecular weight is 314 g/mol. The number of rotatable bonds is 2. The molecule has 0 unspecified atom stereocenters. The quantitative estimate of drug-likeness (QED) is 0.925. The van der Waals surface area contributed by atoms with Gasteiger partial charge in [-0.15, -0.1) is 11.3 Å². The first kappa shape index (κ1) is 14.4. The zero-order chi connectivity index (χ0) is 15.0. The maximum Gasteiger partial charge on any atom is 0.433 e. The van der Waals surface area contributed by atoms with E-state index in [1.807, 2.05) is 12.3 Å². The molecule has 3 heterocycles. The fourth-order valence-electron chi connectivity index (χ4n) is 2.36. The summed E-state index contributed by atoms with van der Waals surface area (Å²) in [5.74, 6) is 0.188. The fraction of sp³-hybridized carbons (Fsp3) is 0.462. The minimum Gasteiger partial charge on any atom is -0.312 e. The van der Waals surface area contributed by atoms with E-state index in [4.69, 9.17) is 0 Å². The summed E-state index contributed by atoms with van der Waals surface area (Å²) in [6.45, 7) is 2.66. The molecule has 0 aliphatic carbocycles. The summed E-state index contributed by atoms with van der Waals surface area (Å²) in [6, 6.07) is 0. The van der Waals surface area contributed by atoms with Gasteiger partial charge in [-0.25, -0.2) is 15.0 Å². The molecule has 1 N–H and O–H groups in total. The maximum absolute atomic E-state index is 13.2. The van der Waals surface area contributed by atoms with Crippen LogP contribution in [0, 0.1) is 6.92 Å². The van der Waals surface area contributed by atoms with Gasteiger partial charge >= 0.3 is 6.18 Å². The van der Waals surface area contributed by atoms with Crippen molar-refractivity contribution in [3.8, 4) is 0 Å². The van der Waals surface area contributed by atoms with E-state index in [1.165, 1.54) is 11.3 Å². The molecule has 0 saturated carbocycles. The van der Waals surface area contributed by atoms with Crippen molar-refractivity contribution in [2.45, 2.75) is 32.5 Å². The number of aromatic nitrogens is 3. The van der Waals surface area contributed by atoms with Crippen LogP contribution in [0.4, 0.5) is 13.2 Å². The Morgan fingerprint density at radius 1 is 1.29 bits per heavy atom. The Bertz CT molecular complexity index is 666. The molecule has 0 aromatic carbocycles. The minimum absolute atomic E-state index is 0.167. The Kier molecular flexibility index (Phi) is 3.66. The molecule has 1 aliphatic rings. The SMILES string of the molecule is Cc1nc(Cc2nc3c(c(C(F)(F)F)n2)CNCC3)cs1. The lowest BCUT2D eigenvalue weighted by Crippen LogP contribution is -2.29. The van der Waals surface area contributed by atoms with E-state index >= 15 is 0 Å². The van der Waals surface area contributed by atoms with E-state index in [2.05, 4.69) is 20.3 Å². The Hall–Kier alpha value is -1.54. The Balaban J connectivity index is 2.01. The van der Waals surface area contributed by atoms with E-state index in [0.29, 0.717) is 24.4 Å². The molecule has 3 rings (SSSR count). The highest BCUT2D eigenvalue weighted by Crippen LogP contribution is 2.32. The number of halogens is 3. The number of aryl methyl sites for hydroxylation is 1. The third kappa shape index (κ3) is 3.06. The highest BCUT2D eigenvalue weighted by atomic mass is 32.1. The van der Waals surface area contributed by atoms with Crippen molar-refractivity contribution in [1.29, 1.82) is 0 Å². The van der Waals surface area contributed by atoms with Crippen LogP contribution in [0.2, 0.25) is 0 Å². The van der Waals surface area contributed by atoms with Gasteiger partial charge in [0.15, 0.2) is 5.69 Å². The molecule has 2 aromatic heterocycles. The molecule has 0 atom stereocenters. The summed E-state index contributed by atoms with van der Waals surface area (Å²) in [6.07, 6.45) is -3.74. The van der Waals surface area contributed by atoms with Crippen LogP contribution in [0.25, 0.3) is 0 Å². The molecule has 8 heteroatoms. The predicted molar refractivity (Wildman–Crippen MR) is 72.1 cm³/mol. The minimum atomic E-state index is -4.46. The second-order valence-electron chi connectivity index (χ2n) is 4.87. The summed E-state index contributed by atoms with van der Waals surface area (Å²) in [5, 5.41) is 5.64. The van der Waals surface area contributed by atoms with E-state index in [-0.39, 0.29) is 24.4 Å². The summed E-state index contributed by atoms with van der Waals surface area (Å²) in [4.78, 5) is 12.3. The van der Waals surface area contributed by atoms with Crippen molar-refractivity contribution in [3.63, 3.8) is 0 Å². The molecule has 4 nitrogen and oxygen atoms in total. The van der Waals surface area contributed by atoms with Crippen molar-refractivity contribution in [3.05, 3.63) is 38.9 Å². The van der Waals surface area contributed by atoms with Crippen LogP contribution in [0.1, 0.15) is 33.5 Å². The lowest BCUT2D eigenvalue weighted by Gasteiger charge is -2.21. The van der Waals surface area contributed by atoms with Gasteiger partial charge in [0.25, 0.3) is 0 Å². The normalized spacial score (nSPS) is 15.0. The summed E-state index contributed by atoms with van der Waals surface area (Å²) < 4.78 is 39.5. The van der Waals surface area contributed by atoms with Crippen molar-refractivity contribution in [2.75, 3.05) is 6.54 Å². The highest BCUT2D eigenvalue weighted by Gasteiger charge is 2.37. The Morgan fingerprint density at radius 3 is 2.76 bits per heavy atom. The fourth-order valence-corrected chi connectivity index (χ4v) is 2.97. The van der Waals surface area contributed by atoms with Crippen molar-refractivity contribution in [1.82, 2.24) is 20.3 Å². The van der Waals surface area contributed by atoms with E-state index < -0.39 is 11.9 Å². The number of fused-ring (bicyclic) bond motifs is 1. The number of nitrogens with one attached hydrogen (secondary N) is 1. The predicted octanol–water partition coefficient (Wildman–Crippen LogP) is 2.50. The third-order valence-corrected chi connectivity index (χ3v) is 4.08. The maximum atomic E-state index is 13.2. The van der Waals surface area contributed by atoms with Gasteiger partial charge in [-0.1, -0.05) is 0 Å². The summed E-state index contributed by atoms with van der Waals surface area (Å²) in [5.41, 5.74) is 0.561. The van der Waals surface area contributed by atoms with E-state index in [9.17, 15) is 13.2 Å². The molecule has 0 spiro atoms. The first-order chi connectivity index (χ1) is 9.93. The number of alkyl halides is 3. The first-order valence-electron chi connectivity index (χ1n) is 6.51. The smallest absolute Gasteiger partial charge is 0.312 e. The standard InChI is InChI=1S/C13H13F3N4S/c1-7-18-8(6-21-7)4-11-19-10-2-3-17-5-9(10)12(20-11)13(14,15)16/h6,17H,2-5H2,1H3. The van der Waals surface area contributed by atoms with Gasteiger partial charge in [0.2, 0.25) is 0 Å². The zero-order valence-electron chi connectivity index (χ0n) is 11.3. The summed E-state index contributed by atoms with van der Waals surface area (Å²) in [7, 11) is 0. The Morgan fingerprint density at radius 2 is 2.10 bits per heavy atom. The van der Waals surface area contributed by atoms with Gasteiger partial charge in [0.1, 0.15) is 5.82 Å². The Labute approximate surface area is 123 Å². The van der Waals surface area contributed by atoms with Gasteiger partial charge in [-0.05, 0) is 6.92 Å². The number of hydrogen-bond donors (Lipinski definition) is 1. The third-order valence-electron chi connectivity index (χ3n) is 3.25. The second-order valence-corrected chi connectivity index (χ2v) is 5.94. The van der Waals surface area contributed by atoms with Crippen LogP contribution in [-0.4, -0.2) is 21.5 Å². The van der Waals surface area contributed by atoms with Crippen LogP contribution in [0.5, 0.6) is 0 Å². The average Bonchev–Trinajstić information content (AvgIpc) is 2.82. The van der Waals surface area contributed by atoms with Crippen LogP contribution < -0.4 is 5.32 Å². The van der Waals surface area contributed by atoms with Crippen molar-refractivity contribution >= 4 is 11.3 Å². The van der Waals surface area contributed by atoms with Crippen molar-refractivity contribution in [2.24, 2.45) is 0 Å². The van der Waals surface area contributed by atoms with Gasteiger partial charge in [0.05, 0.1) is 22.8 Å².